The van der Waals surface area contributed by atoms with Gasteiger partial charge in [-0.3, -0.25) is 4.79 Å². The zero-order chi connectivity index (χ0) is 22.8. The van der Waals surface area contributed by atoms with Crippen molar-refractivity contribution in [1.82, 2.24) is 9.55 Å². The van der Waals surface area contributed by atoms with Crippen LogP contribution in [0.3, 0.4) is 0 Å². The maximum Gasteiger partial charge on any atom is 0.280 e. The van der Waals surface area contributed by atoms with Crippen molar-refractivity contribution < 1.29 is 9.53 Å². The highest BCUT2D eigenvalue weighted by molar-refractivity contribution is 7.16. The molecule has 33 heavy (non-hydrogen) atoms. The molecule has 0 fully saturated rings. The van der Waals surface area contributed by atoms with Crippen molar-refractivity contribution in [3.63, 3.8) is 0 Å². The molecule has 6 heteroatoms. The molecule has 0 atom stereocenters. The van der Waals surface area contributed by atoms with Gasteiger partial charge in [0.25, 0.3) is 5.91 Å². The van der Waals surface area contributed by atoms with E-state index in [0.717, 1.165) is 38.1 Å². The van der Waals surface area contributed by atoms with Crippen molar-refractivity contribution in [2.75, 3.05) is 7.11 Å². The smallest absolute Gasteiger partial charge is 0.280 e. The van der Waals surface area contributed by atoms with Crippen LogP contribution in [-0.2, 0) is 6.54 Å². The number of aromatic nitrogens is 2. The van der Waals surface area contributed by atoms with Gasteiger partial charge < -0.3 is 9.30 Å². The fourth-order valence-electron chi connectivity index (χ4n) is 3.83. The number of nitrogens with zero attached hydrogens (tertiary/aromatic N) is 3. The molecule has 3 aromatic carbocycles. The van der Waals surface area contributed by atoms with E-state index in [-0.39, 0.29) is 5.91 Å². The van der Waals surface area contributed by atoms with Gasteiger partial charge in [-0.25, -0.2) is 4.98 Å². The van der Waals surface area contributed by atoms with Crippen molar-refractivity contribution in [1.29, 1.82) is 0 Å². The first-order valence-corrected chi connectivity index (χ1v) is 11.3. The normalized spacial score (nSPS) is 11.7. The van der Waals surface area contributed by atoms with Gasteiger partial charge >= 0.3 is 0 Å². The molecule has 5 rings (SSSR count). The second-order valence-electron chi connectivity index (χ2n) is 7.47. The maximum atomic E-state index is 13.5. The molecule has 2 aromatic heterocycles. The van der Waals surface area contributed by atoms with Crippen LogP contribution >= 0.6 is 11.3 Å². The molecule has 0 aliphatic carbocycles. The van der Waals surface area contributed by atoms with Crippen molar-refractivity contribution in [3.05, 3.63) is 102 Å². The zero-order valence-electron chi connectivity index (χ0n) is 18.1. The van der Waals surface area contributed by atoms with Gasteiger partial charge in [-0.2, -0.15) is 4.99 Å². The second-order valence-corrected chi connectivity index (χ2v) is 8.48. The van der Waals surface area contributed by atoms with Gasteiger partial charge in [0.2, 0.25) is 0 Å². The van der Waals surface area contributed by atoms with E-state index in [1.807, 2.05) is 83.4 Å². The van der Waals surface area contributed by atoms with Gasteiger partial charge in [0.05, 0.1) is 34.1 Å². The predicted molar refractivity (Wildman–Crippen MR) is 134 cm³/mol. The summed E-state index contributed by atoms with van der Waals surface area (Å²) in [6.07, 6.45) is 1.80. The maximum absolute atomic E-state index is 13.5. The number of methoxy groups -OCH3 is 1. The van der Waals surface area contributed by atoms with Gasteiger partial charge in [0.1, 0.15) is 5.75 Å². The number of benzene rings is 3. The molecule has 0 radical (unpaired) electrons. The van der Waals surface area contributed by atoms with Crippen molar-refractivity contribution >= 4 is 38.4 Å². The Labute approximate surface area is 195 Å². The third-order valence-corrected chi connectivity index (χ3v) is 6.46. The number of para-hydroxylation sites is 1. The third kappa shape index (κ3) is 3.97. The van der Waals surface area contributed by atoms with Crippen LogP contribution in [0, 0.1) is 0 Å². The average molecular weight is 452 g/mol. The number of amides is 1. The molecule has 0 saturated heterocycles. The Balaban J connectivity index is 1.70. The van der Waals surface area contributed by atoms with E-state index >= 15 is 0 Å². The minimum absolute atomic E-state index is 0.304. The molecule has 0 N–H and O–H groups in total. The third-order valence-electron chi connectivity index (χ3n) is 5.41. The van der Waals surface area contributed by atoms with Gasteiger partial charge in [0.15, 0.2) is 4.80 Å². The first-order valence-electron chi connectivity index (χ1n) is 10.5. The molecule has 0 spiro atoms. The summed E-state index contributed by atoms with van der Waals surface area (Å²) in [5.74, 6) is 0.460. The molecular formula is C27H21N3O2S. The molecule has 0 saturated carbocycles. The number of ether oxygens (including phenoxy) is 1. The lowest BCUT2D eigenvalue weighted by Crippen LogP contribution is -2.16. The van der Waals surface area contributed by atoms with E-state index in [9.17, 15) is 4.79 Å². The summed E-state index contributed by atoms with van der Waals surface area (Å²) < 4.78 is 8.34. The summed E-state index contributed by atoms with van der Waals surface area (Å²) >= 11 is 1.45. The molecule has 162 valence electrons. The Morgan fingerprint density at radius 1 is 1.09 bits per heavy atom. The lowest BCUT2D eigenvalue weighted by atomic mass is 10.0. The van der Waals surface area contributed by atoms with Gasteiger partial charge in [-0.15, -0.1) is 6.58 Å². The predicted octanol–water partition coefficient (Wildman–Crippen LogP) is 5.85. The fourth-order valence-corrected chi connectivity index (χ4v) is 4.89. The van der Waals surface area contributed by atoms with Crippen LogP contribution in [0.15, 0.2) is 96.5 Å². The van der Waals surface area contributed by atoms with Crippen molar-refractivity contribution in [2.45, 2.75) is 6.54 Å². The number of allylic oxidation sites excluding steroid dienone is 1. The summed E-state index contributed by atoms with van der Waals surface area (Å²) in [6, 6.07) is 25.2. The quantitative estimate of drug-likeness (QED) is 0.315. The summed E-state index contributed by atoms with van der Waals surface area (Å²) in [7, 11) is 1.64. The largest absolute Gasteiger partial charge is 0.497 e. The number of rotatable bonds is 5. The van der Waals surface area contributed by atoms with Crippen LogP contribution in [-0.4, -0.2) is 22.6 Å². The Morgan fingerprint density at radius 3 is 2.67 bits per heavy atom. The number of thiazole rings is 1. The molecule has 0 bridgehead atoms. The molecule has 0 unspecified atom stereocenters. The van der Waals surface area contributed by atoms with E-state index in [0.29, 0.717) is 16.9 Å². The Bertz CT molecular complexity index is 1570. The molecule has 5 aromatic rings. The van der Waals surface area contributed by atoms with Gasteiger partial charge in [-0.05, 0) is 30.3 Å². The van der Waals surface area contributed by atoms with Crippen LogP contribution in [0.1, 0.15) is 10.4 Å². The van der Waals surface area contributed by atoms with Crippen LogP contribution in [0.2, 0.25) is 0 Å². The van der Waals surface area contributed by atoms with Crippen LogP contribution in [0.25, 0.3) is 32.4 Å². The van der Waals surface area contributed by atoms with Gasteiger partial charge in [-0.1, -0.05) is 65.9 Å². The summed E-state index contributed by atoms with van der Waals surface area (Å²) in [5, 5.41) is 0.781. The van der Waals surface area contributed by atoms with E-state index in [1.54, 1.807) is 13.2 Å². The molecule has 5 nitrogen and oxygen atoms in total. The fraction of sp³-hybridized carbons (Fsp3) is 0.0741. The Kier molecular flexibility index (Phi) is 5.59. The standard InChI is InChI=1S/C27H21N3O2S/c1-3-15-30-24-14-13-19(32-2)16-25(24)33-27(30)29-26(31)21-17-23(18-9-5-4-6-10-18)28-22-12-8-7-11-20(21)22/h3-14,16-17H,1,15H2,2H3. The highest BCUT2D eigenvalue weighted by Gasteiger charge is 2.15. The van der Waals surface area contributed by atoms with Gasteiger partial charge in [0, 0.05) is 17.5 Å². The zero-order valence-corrected chi connectivity index (χ0v) is 18.9. The van der Waals surface area contributed by atoms with E-state index in [1.165, 1.54) is 11.3 Å². The first kappa shape index (κ1) is 20.8. The lowest BCUT2D eigenvalue weighted by Gasteiger charge is -2.08. The number of pyridine rings is 1. The number of carbonyl (C=O) groups is 1. The molecule has 0 aliphatic rings. The van der Waals surface area contributed by atoms with E-state index in [2.05, 4.69) is 11.6 Å². The summed E-state index contributed by atoms with van der Waals surface area (Å²) in [5.41, 5.74) is 3.97. The molecule has 2 heterocycles. The van der Waals surface area contributed by atoms with Crippen molar-refractivity contribution in [3.8, 4) is 17.0 Å². The van der Waals surface area contributed by atoms with E-state index < -0.39 is 0 Å². The highest BCUT2D eigenvalue weighted by Crippen LogP contribution is 2.26. The molecule has 1 amide bonds. The first-order chi connectivity index (χ1) is 16.2. The minimum Gasteiger partial charge on any atom is -0.497 e. The average Bonchev–Trinajstić information content (AvgIpc) is 3.19. The van der Waals surface area contributed by atoms with Crippen molar-refractivity contribution in [2.24, 2.45) is 4.99 Å². The molecule has 0 aliphatic heterocycles. The number of hydrogen-bond acceptors (Lipinski definition) is 4. The number of carbonyl (C=O) groups excluding carboxylic acids is 1. The highest BCUT2D eigenvalue weighted by atomic mass is 32.1. The second kappa shape index (κ2) is 8.84. The minimum atomic E-state index is -0.304. The van der Waals surface area contributed by atoms with E-state index in [4.69, 9.17) is 9.72 Å². The number of fused-ring (bicyclic) bond motifs is 2. The summed E-state index contributed by atoms with van der Waals surface area (Å²) in [4.78, 5) is 23.5. The van der Waals surface area contributed by atoms with Crippen LogP contribution < -0.4 is 9.54 Å². The monoisotopic (exact) mass is 451 g/mol. The van der Waals surface area contributed by atoms with Crippen LogP contribution in [0.5, 0.6) is 5.75 Å². The molecular weight excluding hydrogens is 430 g/mol. The Hall–Kier alpha value is -4.03. The van der Waals surface area contributed by atoms with Crippen LogP contribution in [0.4, 0.5) is 0 Å². The SMILES string of the molecule is C=CCn1c(=NC(=O)c2cc(-c3ccccc3)nc3ccccc23)sc2cc(OC)ccc21. The number of hydrogen-bond donors (Lipinski definition) is 0. The lowest BCUT2D eigenvalue weighted by molar-refractivity contribution is 0.0999. The summed E-state index contributed by atoms with van der Waals surface area (Å²) in [6.45, 7) is 4.41. The topological polar surface area (TPSA) is 56.5 Å². The Morgan fingerprint density at radius 2 is 1.88 bits per heavy atom.